The number of benzene rings is 2. The van der Waals surface area contributed by atoms with Crippen molar-refractivity contribution < 1.29 is 23.1 Å². The Labute approximate surface area is 127 Å². The Kier molecular flexibility index (Phi) is 4.99. The smallest absolute Gasteiger partial charge is 0.497 e. The molecule has 0 amide bonds. The monoisotopic (exact) mass is 328 g/mol. The molecule has 0 aliphatic heterocycles. The van der Waals surface area contributed by atoms with Gasteiger partial charge in [-0.1, -0.05) is 12.1 Å². The Morgan fingerprint density at radius 1 is 0.810 bits per heavy atom. The molecule has 0 saturated heterocycles. The standard InChI is InChI=1S/C14H14ClO5P/c1-17-11-5-3-7-13(9-11)19-21(15,16)20-14-8-4-6-12(10-14)18-2/h3-10H,1-2H3. The first kappa shape index (κ1) is 15.5. The van der Waals surface area contributed by atoms with E-state index in [9.17, 15) is 4.57 Å². The van der Waals surface area contributed by atoms with Crippen LogP contribution in [0.15, 0.2) is 48.5 Å². The van der Waals surface area contributed by atoms with Gasteiger partial charge in [-0.15, -0.1) is 0 Å². The van der Waals surface area contributed by atoms with E-state index < -0.39 is 6.95 Å². The normalized spacial score (nSPS) is 10.8. The van der Waals surface area contributed by atoms with Gasteiger partial charge in [-0.25, -0.2) is 4.57 Å². The van der Waals surface area contributed by atoms with Crippen LogP contribution in [0.25, 0.3) is 0 Å². The molecule has 0 bridgehead atoms. The molecule has 0 fully saturated rings. The largest absolute Gasteiger partial charge is 0.530 e. The number of hydrogen-bond donors (Lipinski definition) is 0. The van der Waals surface area contributed by atoms with E-state index in [1.807, 2.05) is 0 Å². The first-order valence-corrected chi connectivity index (χ1v) is 8.44. The Bertz CT molecular complexity index is 608. The summed E-state index contributed by atoms with van der Waals surface area (Å²) in [5.74, 6) is 1.70. The minimum Gasteiger partial charge on any atom is -0.497 e. The summed E-state index contributed by atoms with van der Waals surface area (Å²) < 4.78 is 32.7. The van der Waals surface area contributed by atoms with Gasteiger partial charge < -0.3 is 18.5 Å². The molecule has 2 rings (SSSR count). The lowest BCUT2D eigenvalue weighted by Crippen LogP contribution is -1.96. The molecule has 21 heavy (non-hydrogen) atoms. The highest BCUT2D eigenvalue weighted by molar-refractivity contribution is 7.82. The number of ether oxygens (including phenoxy) is 2. The van der Waals surface area contributed by atoms with Crippen molar-refractivity contribution >= 4 is 18.2 Å². The summed E-state index contributed by atoms with van der Waals surface area (Å²) in [5, 5.41) is 0. The molecular formula is C14H14ClO5P. The van der Waals surface area contributed by atoms with E-state index in [1.54, 1.807) is 48.5 Å². The molecule has 0 N–H and O–H groups in total. The number of halogens is 1. The molecule has 0 aliphatic carbocycles. The van der Waals surface area contributed by atoms with Crippen molar-refractivity contribution in [1.82, 2.24) is 0 Å². The fourth-order valence-corrected chi connectivity index (χ4v) is 2.83. The molecule has 7 heteroatoms. The SMILES string of the molecule is COc1cccc(OP(=O)(Cl)Oc2cccc(OC)c2)c1. The van der Waals surface area contributed by atoms with E-state index in [-0.39, 0.29) is 11.5 Å². The van der Waals surface area contributed by atoms with Crippen molar-refractivity contribution in [2.45, 2.75) is 0 Å². The van der Waals surface area contributed by atoms with Gasteiger partial charge in [-0.05, 0) is 24.3 Å². The van der Waals surface area contributed by atoms with Gasteiger partial charge in [-0.2, -0.15) is 0 Å². The fraction of sp³-hybridized carbons (Fsp3) is 0.143. The van der Waals surface area contributed by atoms with Gasteiger partial charge >= 0.3 is 6.95 Å². The summed E-state index contributed by atoms with van der Waals surface area (Å²) in [7, 11) is 3.04. The second-order valence-electron chi connectivity index (χ2n) is 3.97. The van der Waals surface area contributed by atoms with Crippen LogP contribution in [0.1, 0.15) is 0 Å². The minimum absolute atomic E-state index is 0.288. The van der Waals surface area contributed by atoms with E-state index in [4.69, 9.17) is 29.8 Å². The molecule has 5 nitrogen and oxygen atoms in total. The summed E-state index contributed by atoms with van der Waals surface area (Å²) in [5.41, 5.74) is 0. The second-order valence-corrected chi connectivity index (χ2v) is 6.44. The van der Waals surface area contributed by atoms with Crippen LogP contribution < -0.4 is 18.5 Å². The number of rotatable bonds is 6. The van der Waals surface area contributed by atoms with Crippen molar-refractivity contribution in [3.8, 4) is 23.0 Å². The number of methoxy groups -OCH3 is 2. The first-order chi connectivity index (χ1) is 10.0. The Morgan fingerprint density at radius 3 is 1.57 bits per heavy atom. The molecule has 0 unspecified atom stereocenters. The zero-order chi connectivity index (χ0) is 15.3. The zero-order valence-electron chi connectivity index (χ0n) is 11.5. The molecule has 112 valence electrons. The van der Waals surface area contributed by atoms with E-state index in [1.165, 1.54) is 14.2 Å². The van der Waals surface area contributed by atoms with Crippen LogP contribution in [0.2, 0.25) is 0 Å². The second kappa shape index (κ2) is 6.74. The summed E-state index contributed by atoms with van der Waals surface area (Å²) in [4.78, 5) is 0. The van der Waals surface area contributed by atoms with Gasteiger partial charge in [-0.3, -0.25) is 0 Å². The molecule has 0 atom stereocenters. The molecule has 0 radical (unpaired) electrons. The maximum atomic E-state index is 12.2. The zero-order valence-corrected chi connectivity index (χ0v) is 13.1. The van der Waals surface area contributed by atoms with Crippen LogP contribution in [-0.4, -0.2) is 14.2 Å². The van der Waals surface area contributed by atoms with Crippen molar-refractivity contribution in [3.05, 3.63) is 48.5 Å². The molecule has 0 spiro atoms. The third-order valence-electron chi connectivity index (χ3n) is 2.51. The lowest BCUT2D eigenvalue weighted by Gasteiger charge is -2.14. The topological polar surface area (TPSA) is 54.0 Å². The molecule has 0 saturated carbocycles. The predicted octanol–water partition coefficient (Wildman–Crippen LogP) is 4.51. The minimum atomic E-state index is -3.84. The summed E-state index contributed by atoms with van der Waals surface area (Å²) >= 11 is 5.83. The first-order valence-electron chi connectivity index (χ1n) is 5.99. The average molecular weight is 329 g/mol. The predicted molar refractivity (Wildman–Crippen MR) is 80.7 cm³/mol. The van der Waals surface area contributed by atoms with Crippen molar-refractivity contribution in [1.29, 1.82) is 0 Å². The number of hydrogen-bond acceptors (Lipinski definition) is 5. The van der Waals surface area contributed by atoms with E-state index in [0.717, 1.165) is 0 Å². The highest BCUT2D eigenvalue weighted by Gasteiger charge is 2.25. The van der Waals surface area contributed by atoms with Crippen LogP contribution in [0.5, 0.6) is 23.0 Å². The van der Waals surface area contributed by atoms with Crippen molar-refractivity contribution in [2.24, 2.45) is 0 Å². The Morgan fingerprint density at radius 2 is 1.19 bits per heavy atom. The van der Waals surface area contributed by atoms with Gasteiger partial charge in [0.15, 0.2) is 0 Å². The lowest BCUT2D eigenvalue weighted by molar-refractivity contribution is 0.393. The molecular weight excluding hydrogens is 315 g/mol. The summed E-state index contributed by atoms with van der Waals surface area (Å²) in [6.45, 7) is -3.84. The summed E-state index contributed by atoms with van der Waals surface area (Å²) in [6.07, 6.45) is 0. The Hall–Kier alpha value is -1.84. The quantitative estimate of drug-likeness (QED) is 0.730. The maximum Gasteiger partial charge on any atom is 0.530 e. The van der Waals surface area contributed by atoms with Crippen LogP contribution >= 0.6 is 18.2 Å². The third kappa shape index (κ3) is 4.59. The lowest BCUT2D eigenvalue weighted by atomic mass is 10.3. The van der Waals surface area contributed by atoms with Crippen LogP contribution in [-0.2, 0) is 4.57 Å². The van der Waals surface area contributed by atoms with Crippen LogP contribution in [0.3, 0.4) is 0 Å². The molecule has 2 aromatic carbocycles. The van der Waals surface area contributed by atoms with Gasteiger partial charge in [0, 0.05) is 23.4 Å². The van der Waals surface area contributed by atoms with E-state index >= 15 is 0 Å². The summed E-state index contributed by atoms with van der Waals surface area (Å²) in [6, 6.07) is 13.2. The van der Waals surface area contributed by atoms with Gasteiger partial charge in [0.25, 0.3) is 0 Å². The average Bonchev–Trinajstić information content (AvgIpc) is 2.46. The maximum absolute atomic E-state index is 12.2. The molecule has 0 heterocycles. The highest BCUT2D eigenvalue weighted by Crippen LogP contribution is 2.53. The Balaban J connectivity index is 2.12. The van der Waals surface area contributed by atoms with Crippen molar-refractivity contribution in [2.75, 3.05) is 14.2 Å². The molecule has 0 aromatic heterocycles. The van der Waals surface area contributed by atoms with Crippen molar-refractivity contribution in [3.63, 3.8) is 0 Å². The van der Waals surface area contributed by atoms with Crippen LogP contribution in [0, 0.1) is 0 Å². The highest BCUT2D eigenvalue weighted by atomic mass is 35.7. The fourth-order valence-electron chi connectivity index (χ4n) is 1.59. The van der Waals surface area contributed by atoms with Gasteiger partial charge in [0.1, 0.15) is 23.0 Å². The molecule has 2 aromatic rings. The third-order valence-corrected chi connectivity index (χ3v) is 3.78. The van der Waals surface area contributed by atoms with Gasteiger partial charge in [0.2, 0.25) is 0 Å². The molecule has 0 aliphatic rings. The van der Waals surface area contributed by atoms with Crippen LogP contribution in [0.4, 0.5) is 0 Å². The van der Waals surface area contributed by atoms with E-state index in [2.05, 4.69) is 0 Å². The van der Waals surface area contributed by atoms with E-state index in [0.29, 0.717) is 11.5 Å². The van der Waals surface area contributed by atoms with Gasteiger partial charge in [0.05, 0.1) is 14.2 Å².